The van der Waals surface area contributed by atoms with E-state index < -0.39 is 24.0 Å². The van der Waals surface area contributed by atoms with E-state index in [2.05, 4.69) is 22.7 Å². The van der Waals surface area contributed by atoms with Crippen molar-refractivity contribution in [1.29, 1.82) is 0 Å². The predicted molar refractivity (Wildman–Crippen MR) is 106 cm³/mol. The largest absolute Gasteiger partial charge is 0.432 e. The molecule has 0 radical (unpaired) electrons. The second-order valence-corrected chi connectivity index (χ2v) is 6.36. The standard InChI is InChI=1S/C24H18F4O/c1-2-3-4-5-16-7-12-20-19(14-16)11-10-18(23(20)26)9-6-17-8-13-22(21(25)15-17)29-24(27)28/h2-3,7-8,10-15,24H,4-5H2,1H3/b3-2+. The van der Waals surface area contributed by atoms with Gasteiger partial charge >= 0.3 is 6.61 Å². The summed E-state index contributed by atoms with van der Waals surface area (Å²) in [5.41, 5.74) is 1.52. The number of hydrogen-bond donors (Lipinski definition) is 0. The molecule has 148 valence electrons. The van der Waals surface area contributed by atoms with E-state index >= 15 is 0 Å². The number of rotatable bonds is 5. The summed E-state index contributed by atoms with van der Waals surface area (Å²) in [5.74, 6) is 3.36. The lowest BCUT2D eigenvalue weighted by Crippen LogP contribution is -2.03. The van der Waals surface area contributed by atoms with Gasteiger partial charge in [0.1, 0.15) is 5.82 Å². The maximum atomic E-state index is 14.8. The Kier molecular flexibility index (Phi) is 6.56. The highest BCUT2D eigenvalue weighted by Gasteiger charge is 2.10. The average molecular weight is 398 g/mol. The van der Waals surface area contributed by atoms with Crippen LogP contribution in [0.25, 0.3) is 10.8 Å². The van der Waals surface area contributed by atoms with Crippen molar-refractivity contribution in [2.75, 3.05) is 0 Å². The molecule has 0 atom stereocenters. The van der Waals surface area contributed by atoms with E-state index in [0.29, 0.717) is 5.39 Å². The number of hydrogen-bond acceptors (Lipinski definition) is 1. The molecule has 0 amide bonds. The third kappa shape index (κ3) is 5.17. The molecule has 0 aliphatic rings. The normalized spacial score (nSPS) is 11.1. The number of allylic oxidation sites excluding steroid dienone is 2. The van der Waals surface area contributed by atoms with Crippen molar-refractivity contribution < 1.29 is 22.3 Å². The SMILES string of the molecule is C/C=C/CCc1ccc2c(F)c(C#Cc3ccc(OC(F)F)c(F)c3)ccc2c1. The number of alkyl halides is 2. The first-order valence-electron chi connectivity index (χ1n) is 9.06. The summed E-state index contributed by atoms with van der Waals surface area (Å²) in [6.45, 7) is -1.14. The van der Waals surface area contributed by atoms with Gasteiger partial charge in [0.2, 0.25) is 0 Å². The van der Waals surface area contributed by atoms with Crippen LogP contribution in [0, 0.1) is 23.5 Å². The smallest absolute Gasteiger partial charge is 0.387 e. The van der Waals surface area contributed by atoms with Crippen molar-refractivity contribution in [1.82, 2.24) is 0 Å². The summed E-state index contributed by atoms with van der Waals surface area (Å²) < 4.78 is 57.0. The molecule has 0 bridgehead atoms. The van der Waals surface area contributed by atoms with Gasteiger partial charge in [0.05, 0.1) is 5.56 Å². The second kappa shape index (κ2) is 9.29. The molecule has 3 aromatic rings. The Morgan fingerprint density at radius 3 is 2.55 bits per heavy atom. The number of ether oxygens (including phenoxy) is 1. The van der Waals surface area contributed by atoms with Crippen LogP contribution in [-0.4, -0.2) is 6.61 Å². The van der Waals surface area contributed by atoms with Gasteiger partial charge in [-0.1, -0.05) is 48.3 Å². The van der Waals surface area contributed by atoms with E-state index in [1.54, 1.807) is 18.2 Å². The molecule has 1 nitrogen and oxygen atoms in total. The van der Waals surface area contributed by atoms with E-state index in [1.165, 1.54) is 6.07 Å². The van der Waals surface area contributed by atoms with Gasteiger partial charge in [-0.25, -0.2) is 8.78 Å². The average Bonchev–Trinajstić information content (AvgIpc) is 2.69. The van der Waals surface area contributed by atoms with E-state index in [4.69, 9.17) is 0 Å². The van der Waals surface area contributed by atoms with Crippen molar-refractivity contribution >= 4 is 10.8 Å². The molecule has 0 N–H and O–H groups in total. The highest BCUT2D eigenvalue weighted by Crippen LogP contribution is 2.23. The van der Waals surface area contributed by atoms with E-state index in [9.17, 15) is 17.6 Å². The van der Waals surface area contributed by atoms with Gasteiger partial charge in [0.15, 0.2) is 11.6 Å². The molecule has 0 spiro atoms. The molecule has 0 saturated carbocycles. The van der Waals surface area contributed by atoms with Gasteiger partial charge in [0, 0.05) is 10.9 Å². The highest BCUT2D eigenvalue weighted by atomic mass is 19.3. The van der Waals surface area contributed by atoms with Crippen LogP contribution < -0.4 is 4.74 Å². The molecular weight excluding hydrogens is 380 g/mol. The first kappa shape index (κ1) is 20.5. The molecule has 0 saturated heterocycles. The Morgan fingerprint density at radius 2 is 1.83 bits per heavy atom. The zero-order chi connectivity index (χ0) is 20.8. The van der Waals surface area contributed by atoms with Gasteiger partial charge in [-0.05, 0) is 55.0 Å². The molecular formula is C24H18F4O. The first-order chi connectivity index (χ1) is 14.0. The van der Waals surface area contributed by atoms with E-state index in [-0.39, 0.29) is 11.1 Å². The molecule has 0 aliphatic heterocycles. The molecule has 0 unspecified atom stereocenters. The maximum Gasteiger partial charge on any atom is 0.387 e. The minimum Gasteiger partial charge on any atom is -0.432 e. The third-order valence-electron chi connectivity index (χ3n) is 4.34. The van der Waals surface area contributed by atoms with Crippen molar-refractivity contribution in [2.24, 2.45) is 0 Å². The van der Waals surface area contributed by atoms with Crippen LogP contribution in [-0.2, 0) is 6.42 Å². The van der Waals surface area contributed by atoms with Crippen LogP contribution >= 0.6 is 0 Å². The molecule has 5 heteroatoms. The summed E-state index contributed by atoms with van der Waals surface area (Å²) in [5, 5.41) is 1.24. The zero-order valence-corrected chi connectivity index (χ0v) is 15.7. The van der Waals surface area contributed by atoms with Gasteiger partial charge in [-0.2, -0.15) is 8.78 Å². The first-order valence-corrected chi connectivity index (χ1v) is 9.06. The van der Waals surface area contributed by atoms with Gasteiger partial charge in [-0.15, -0.1) is 0 Å². The van der Waals surface area contributed by atoms with Crippen LogP contribution in [0.4, 0.5) is 17.6 Å². The third-order valence-corrected chi connectivity index (χ3v) is 4.34. The number of benzene rings is 3. The Balaban J connectivity index is 1.85. The Hall–Kier alpha value is -3.26. The Morgan fingerprint density at radius 1 is 1.00 bits per heavy atom. The minimum absolute atomic E-state index is 0.174. The summed E-state index contributed by atoms with van der Waals surface area (Å²) in [4.78, 5) is 0. The van der Waals surface area contributed by atoms with Crippen LogP contribution in [0.5, 0.6) is 5.75 Å². The molecule has 0 heterocycles. The predicted octanol–water partition coefficient (Wildman–Crippen LogP) is 6.63. The van der Waals surface area contributed by atoms with Crippen LogP contribution in [0.15, 0.2) is 60.7 Å². The molecule has 0 aromatic heterocycles. The molecule has 29 heavy (non-hydrogen) atoms. The van der Waals surface area contributed by atoms with Crippen molar-refractivity contribution in [3.8, 4) is 17.6 Å². The summed E-state index contributed by atoms with van der Waals surface area (Å²) in [6.07, 6.45) is 5.88. The van der Waals surface area contributed by atoms with Crippen LogP contribution in [0.2, 0.25) is 0 Å². The molecule has 0 fully saturated rings. The summed E-state index contributed by atoms with van der Waals surface area (Å²) in [7, 11) is 0. The summed E-state index contributed by atoms with van der Waals surface area (Å²) >= 11 is 0. The van der Waals surface area contributed by atoms with E-state index in [0.717, 1.165) is 35.9 Å². The molecule has 3 aromatic carbocycles. The second-order valence-electron chi connectivity index (χ2n) is 6.36. The maximum absolute atomic E-state index is 14.8. The fourth-order valence-corrected chi connectivity index (χ4v) is 2.92. The number of aryl methyl sites for hydroxylation is 1. The lowest BCUT2D eigenvalue weighted by atomic mass is 10.0. The van der Waals surface area contributed by atoms with Crippen molar-refractivity contribution in [3.63, 3.8) is 0 Å². The fraction of sp³-hybridized carbons (Fsp3) is 0.167. The lowest BCUT2D eigenvalue weighted by Gasteiger charge is -2.06. The van der Waals surface area contributed by atoms with Crippen LogP contribution in [0.3, 0.4) is 0 Å². The molecule has 0 aliphatic carbocycles. The number of fused-ring (bicyclic) bond motifs is 1. The quantitative estimate of drug-likeness (QED) is 0.266. The summed E-state index contributed by atoms with van der Waals surface area (Å²) in [6, 6.07) is 12.3. The topological polar surface area (TPSA) is 9.23 Å². The fourth-order valence-electron chi connectivity index (χ4n) is 2.92. The van der Waals surface area contributed by atoms with Gasteiger partial charge in [0.25, 0.3) is 0 Å². The minimum atomic E-state index is -3.11. The van der Waals surface area contributed by atoms with Crippen molar-refractivity contribution in [3.05, 3.63) is 89.0 Å². The highest BCUT2D eigenvalue weighted by molar-refractivity contribution is 5.85. The van der Waals surface area contributed by atoms with Crippen LogP contribution in [0.1, 0.15) is 30.0 Å². The monoisotopic (exact) mass is 398 g/mol. The van der Waals surface area contributed by atoms with Gasteiger partial charge in [-0.3, -0.25) is 0 Å². The Labute approximate surface area is 166 Å². The zero-order valence-electron chi connectivity index (χ0n) is 15.7. The number of halogens is 4. The van der Waals surface area contributed by atoms with E-state index in [1.807, 2.05) is 25.1 Å². The lowest BCUT2D eigenvalue weighted by molar-refractivity contribution is -0.0521. The van der Waals surface area contributed by atoms with Crippen molar-refractivity contribution in [2.45, 2.75) is 26.4 Å². The van der Waals surface area contributed by atoms with Gasteiger partial charge < -0.3 is 4.74 Å². The molecule has 3 rings (SSSR count). The Bertz CT molecular complexity index is 1110.